The van der Waals surface area contributed by atoms with Gasteiger partial charge in [-0.3, -0.25) is 9.48 Å². The first-order valence-corrected chi connectivity index (χ1v) is 10.9. The molecule has 0 radical (unpaired) electrons. The van der Waals surface area contributed by atoms with E-state index in [4.69, 9.17) is 14.1 Å². The quantitative estimate of drug-likeness (QED) is 0.301. The Hall–Kier alpha value is -4.19. The molecule has 0 saturated carbocycles. The summed E-state index contributed by atoms with van der Waals surface area (Å²) in [4.78, 5) is 16.1. The van der Waals surface area contributed by atoms with Crippen molar-refractivity contribution in [3.05, 3.63) is 90.8 Å². The number of carbonyl (C=O) groups excluding carboxylic acids is 1. The van der Waals surface area contributed by atoms with Crippen LogP contribution in [0.1, 0.15) is 19.0 Å². The molecule has 0 fully saturated rings. The molecule has 6 nitrogen and oxygen atoms in total. The molecule has 6 heteroatoms. The molecule has 0 saturated heterocycles. The van der Waals surface area contributed by atoms with Crippen LogP contribution in [-0.4, -0.2) is 20.5 Å². The predicted molar refractivity (Wildman–Crippen MR) is 127 cm³/mol. The number of hydrogen-bond acceptors (Lipinski definition) is 5. The van der Waals surface area contributed by atoms with Crippen LogP contribution in [0.3, 0.4) is 0 Å². The second-order valence-electron chi connectivity index (χ2n) is 7.82. The first-order chi connectivity index (χ1) is 16.2. The summed E-state index contributed by atoms with van der Waals surface area (Å²) < 4.78 is 14.2. The van der Waals surface area contributed by atoms with E-state index in [1.165, 1.54) is 0 Å². The molecule has 5 rings (SSSR count). The Kier molecular flexibility index (Phi) is 5.72. The van der Waals surface area contributed by atoms with Crippen LogP contribution >= 0.6 is 0 Å². The largest absolute Gasteiger partial charge is 0.486 e. The molecule has 164 valence electrons. The molecule has 0 unspecified atom stereocenters. The Labute approximate surface area is 191 Å². The minimum absolute atomic E-state index is 0.139. The van der Waals surface area contributed by atoms with Crippen molar-refractivity contribution in [3.63, 3.8) is 0 Å². The monoisotopic (exact) mass is 437 g/mol. The van der Waals surface area contributed by atoms with E-state index in [1.54, 1.807) is 13.1 Å². The van der Waals surface area contributed by atoms with Crippen molar-refractivity contribution in [3.8, 4) is 28.5 Å². The molecular formula is C27H23N3O3. The Morgan fingerprint density at radius 2 is 1.67 bits per heavy atom. The molecule has 2 aromatic heterocycles. The predicted octanol–water partition coefficient (Wildman–Crippen LogP) is 5.92. The van der Waals surface area contributed by atoms with E-state index in [0.717, 1.165) is 27.7 Å². The Morgan fingerprint density at radius 1 is 0.939 bits per heavy atom. The van der Waals surface area contributed by atoms with E-state index in [-0.39, 0.29) is 12.4 Å². The number of aryl methyl sites for hydroxylation is 1. The third-order valence-electron chi connectivity index (χ3n) is 5.44. The standard InChI is InChI=1S/C27H23N3O3/c1-19(31)15-16-30-24-13-8-14-25(22(24)17-28-30)32-18-23-26(20-9-4-2-5-10-20)33-27(29-23)21-11-6-3-7-12-21/h2-14,17H,15-16,18H2,1H3. The number of hydrogen-bond donors (Lipinski definition) is 0. The van der Waals surface area contributed by atoms with Gasteiger partial charge in [-0.05, 0) is 31.2 Å². The van der Waals surface area contributed by atoms with Gasteiger partial charge in [-0.15, -0.1) is 0 Å². The molecule has 0 spiro atoms. The highest BCUT2D eigenvalue weighted by Gasteiger charge is 2.18. The lowest BCUT2D eigenvalue weighted by Gasteiger charge is -2.08. The molecule has 3 aromatic carbocycles. The normalized spacial score (nSPS) is 11.1. The number of ketones is 1. The Bertz CT molecular complexity index is 1390. The summed E-state index contributed by atoms with van der Waals surface area (Å²) in [5, 5.41) is 5.34. The molecule has 5 aromatic rings. The van der Waals surface area contributed by atoms with Gasteiger partial charge >= 0.3 is 0 Å². The second kappa shape index (κ2) is 9.12. The van der Waals surface area contributed by atoms with E-state index in [1.807, 2.05) is 83.5 Å². The zero-order chi connectivity index (χ0) is 22.6. The average molecular weight is 437 g/mol. The summed E-state index contributed by atoms with van der Waals surface area (Å²) in [6, 6.07) is 25.6. The van der Waals surface area contributed by atoms with Gasteiger partial charge in [-0.2, -0.15) is 5.10 Å². The summed E-state index contributed by atoms with van der Waals surface area (Å²) in [6.45, 7) is 2.38. The Balaban J connectivity index is 1.45. The van der Waals surface area contributed by atoms with Gasteiger partial charge in [-0.25, -0.2) is 4.98 Å². The lowest BCUT2D eigenvalue weighted by atomic mass is 10.1. The lowest BCUT2D eigenvalue weighted by Crippen LogP contribution is -2.04. The number of rotatable bonds is 8. The zero-order valence-corrected chi connectivity index (χ0v) is 18.3. The van der Waals surface area contributed by atoms with Crippen molar-refractivity contribution in [2.75, 3.05) is 0 Å². The Morgan fingerprint density at radius 3 is 2.39 bits per heavy atom. The number of Topliss-reactive ketones (excluding diaryl/α,β-unsaturated/α-hetero) is 1. The molecule has 0 aliphatic heterocycles. The maximum Gasteiger partial charge on any atom is 0.227 e. The van der Waals surface area contributed by atoms with Crippen LogP contribution in [0, 0.1) is 0 Å². The zero-order valence-electron chi connectivity index (χ0n) is 18.3. The van der Waals surface area contributed by atoms with Crippen LogP contribution in [0.25, 0.3) is 33.7 Å². The number of benzene rings is 3. The topological polar surface area (TPSA) is 70.2 Å². The summed E-state index contributed by atoms with van der Waals surface area (Å²) in [5.41, 5.74) is 3.51. The minimum Gasteiger partial charge on any atom is -0.486 e. The number of oxazole rings is 1. The molecular weight excluding hydrogens is 414 g/mol. The summed E-state index contributed by atoms with van der Waals surface area (Å²) in [7, 11) is 0. The van der Waals surface area contributed by atoms with Gasteiger partial charge in [-0.1, -0.05) is 54.6 Å². The molecule has 0 amide bonds. The number of fused-ring (bicyclic) bond motifs is 1. The molecule has 0 atom stereocenters. The molecule has 0 aliphatic rings. The van der Waals surface area contributed by atoms with Gasteiger partial charge in [0.25, 0.3) is 0 Å². The minimum atomic E-state index is 0.139. The SMILES string of the molecule is CC(=O)CCn1ncc2c(OCc3nc(-c4ccccc4)oc3-c3ccccc3)cccc21. The van der Waals surface area contributed by atoms with Crippen molar-refractivity contribution >= 4 is 16.7 Å². The number of carbonyl (C=O) groups is 1. The summed E-state index contributed by atoms with van der Waals surface area (Å²) >= 11 is 0. The molecule has 33 heavy (non-hydrogen) atoms. The number of ether oxygens (including phenoxy) is 1. The van der Waals surface area contributed by atoms with E-state index >= 15 is 0 Å². The molecule has 0 bridgehead atoms. The second-order valence-corrected chi connectivity index (χ2v) is 7.82. The van der Waals surface area contributed by atoms with Crippen LogP contribution in [0.2, 0.25) is 0 Å². The van der Waals surface area contributed by atoms with Crippen molar-refractivity contribution in [2.24, 2.45) is 0 Å². The highest BCUT2D eigenvalue weighted by molar-refractivity contribution is 5.85. The fraction of sp³-hybridized carbons (Fsp3) is 0.148. The lowest BCUT2D eigenvalue weighted by molar-refractivity contribution is -0.117. The first-order valence-electron chi connectivity index (χ1n) is 10.9. The first kappa shape index (κ1) is 20.7. The summed E-state index contributed by atoms with van der Waals surface area (Å²) in [5.74, 6) is 2.10. The van der Waals surface area contributed by atoms with Crippen LogP contribution < -0.4 is 4.74 Å². The molecule has 0 aliphatic carbocycles. The van der Waals surface area contributed by atoms with Crippen LogP contribution in [0.15, 0.2) is 89.5 Å². The summed E-state index contributed by atoms with van der Waals surface area (Å²) in [6.07, 6.45) is 2.23. The van der Waals surface area contributed by atoms with E-state index in [0.29, 0.717) is 30.4 Å². The van der Waals surface area contributed by atoms with Crippen LogP contribution in [-0.2, 0) is 17.9 Å². The highest BCUT2D eigenvalue weighted by Crippen LogP contribution is 2.32. The van der Waals surface area contributed by atoms with Crippen LogP contribution in [0.5, 0.6) is 5.75 Å². The van der Waals surface area contributed by atoms with E-state index < -0.39 is 0 Å². The molecule has 0 N–H and O–H groups in total. The smallest absolute Gasteiger partial charge is 0.227 e. The molecule has 2 heterocycles. The van der Waals surface area contributed by atoms with Crippen molar-refractivity contribution in [2.45, 2.75) is 26.5 Å². The van der Waals surface area contributed by atoms with Gasteiger partial charge in [0.1, 0.15) is 23.8 Å². The fourth-order valence-corrected chi connectivity index (χ4v) is 3.76. The van der Waals surface area contributed by atoms with Crippen LogP contribution in [0.4, 0.5) is 0 Å². The highest BCUT2D eigenvalue weighted by atomic mass is 16.5. The number of nitrogens with zero attached hydrogens (tertiary/aromatic N) is 3. The average Bonchev–Trinajstić information content (AvgIpc) is 3.47. The van der Waals surface area contributed by atoms with Gasteiger partial charge in [0, 0.05) is 24.1 Å². The van der Waals surface area contributed by atoms with Gasteiger partial charge < -0.3 is 9.15 Å². The van der Waals surface area contributed by atoms with Gasteiger partial charge in [0.15, 0.2) is 5.76 Å². The van der Waals surface area contributed by atoms with Crippen molar-refractivity contribution < 1.29 is 13.9 Å². The van der Waals surface area contributed by atoms with Crippen molar-refractivity contribution in [1.82, 2.24) is 14.8 Å². The maximum absolute atomic E-state index is 11.4. The van der Waals surface area contributed by atoms with E-state index in [2.05, 4.69) is 5.10 Å². The van der Waals surface area contributed by atoms with Crippen molar-refractivity contribution in [1.29, 1.82) is 0 Å². The fourth-order valence-electron chi connectivity index (χ4n) is 3.76. The van der Waals surface area contributed by atoms with E-state index in [9.17, 15) is 4.79 Å². The number of aromatic nitrogens is 3. The van der Waals surface area contributed by atoms with Gasteiger partial charge in [0.05, 0.1) is 17.1 Å². The maximum atomic E-state index is 11.4. The third-order valence-corrected chi connectivity index (χ3v) is 5.44. The third kappa shape index (κ3) is 4.41. The van der Waals surface area contributed by atoms with Gasteiger partial charge in [0.2, 0.25) is 5.89 Å².